The summed E-state index contributed by atoms with van der Waals surface area (Å²) in [7, 11) is 1.56. The molecule has 33 heavy (non-hydrogen) atoms. The highest BCUT2D eigenvalue weighted by atomic mass is 16.6. The van der Waals surface area contributed by atoms with E-state index in [2.05, 4.69) is 45.2 Å². The highest BCUT2D eigenvalue weighted by molar-refractivity contribution is 5.76. The molecule has 6 heteroatoms. The van der Waals surface area contributed by atoms with Crippen LogP contribution in [0.1, 0.15) is 78.2 Å². The first-order valence-electron chi connectivity index (χ1n) is 12.4. The molecule has 1 aromatic rings. The molecule has 1 heterocycles. The molecule has 0 aliphatic carbocycles. The molecule has 0 radical (unpaired) electrons. The van der Waals surface area contributed by atoms with Crippen molar-refractivity contribution in [3.05, 3.63) is 35.9 Å². The minimum atomic E-state index is -0.319. The Bertz CT molecular complexity index is 788. The number of ether oxygens (including phenoxy) is 2. The van der Waals surface area contributed by atoms with Crippen LogP contribution < -0.4 is 14.8 Å². The van der Waals surface area contributed by atoms with Crippen molar-refractivity contribution in [2.24, 2.45) is 11.8 Å². The zero-order valence-electron chi connectivity index (χ0n) is 21.1. The van der Waals surface area contributed by atoms with Gasteiger partial charge in [0.15, 0.2) is 11.5 Å². The first-order valence-corrected chi connectivity index (χ1v) is 12.4. The van der Waals surface area contributed by atoms with Gasteiger partial charge in [0.2, 0.25) is 5.91 Å². The Morgan fingerprint density at radius 3 is 2.67 bits per heavy atom. The van der Waals surface area contributed by atoms with Gasteiger partial charge < -0.3 is 19.7 Å². The Balaban J connectivity index is 1.82. The second-order valence-corrected chi connectivity index (χ2v) is 9.67. The van der Waals surface area contributed by atoms with Crippen LogP contribution in [0.25, 0.3) is 0 Å². The number of amides is 2. The summed E-state index contributed by atoms with van der Waals surface area (Å²) >= 11 is 0. The maximum Gasteiger partial charge on any atom is 0.415 e. The second kappa shape index (κ2) is 13.9. The number of rotatable bonds is 12. The monoisotopic (exact) mass is 458 g/mol. The van der Waals surface area contributed by atoms with Crippen molar-refractivity contribution in [2.75, 3.05) is 13.7 Å². The SMILES string of the molecule is COc1cc(CNC(=O)CCCC/C=C/C(C)C)ccc1OC(=O)N1CCCC1CC(C)C. The average molecular weight is 459 g/mol. The van der Waals surface area contributed by atoms with Crippen molar-refractivity contribution < 1.29 is 19.1 Å². The third kappa shape index (κ3) is 9.48. The minimum absolute atomic E-state index is 0.0440. The van der Waals surface area contributed by atoms with Crippen molar-refractivity contribution >= 4 is 12.0 Å². The number of methoxy groups -OCH3 is 1. The fourth-order valence-electron chi connectivity index (χ4n) is 4.13. The van der Waals surface area contributed by atoms with Gasteiger partial charge in [-0.25, -0.2) is 4.79 Å². The number of benzene rings is 1. The van der Waals surface area contributed by atoms with Crippen LogP contribution in [-0.2, 0) is 11.3 Å². The van der Waals surface area contributed by atoms with Gasteiger partial charge in [-0.3, -0.25) is 4.79 Å². The molecule has 1 N–H and O–H groups in total. The third-order valence-electron chi connectivity index (χ3n) is 5.82. The summed E-state index contributed by atoms with van der Waals surface area (Å²) in [4.78, 5) is 26.7. The topological polar surface area (TPSA) is 67.9 Å². The fraction of sp³-hybridized carbons (Fsp3) is 0.630. The van der Waals surface area contributed by atoms with E-state index in [-0.39, 0.29) is 18.0 Å². The normalized spacial score (nSPS) is 16.1. The lowest BCUT2D eigenvalue weighted by Crippen LogP contribution is -2.38. The van der Waals surface area contributed by atoms with E-state index in [1.807, 2.05) is 17.0 Å². The van der Waals surface area contributed by atoms with Crippen molar-refractivity contribution in [3.8, 4) is 11.5 Å². The number of likely N-dealkylation sites (tertiary alicyclic amines) is 1. The first kappa shape index (κ1) is 26.7. The summed E-state index contributed by atoms with van der Waals surface area (Å²) in [6.45, 7) is 9.82. The van der Waals surface area contributed by atoms with Crippen LogP contribution >= 0.6 is 0 Å². The molecular formula is C27H42N2O4. The van der Waals surface area contributed by atoms with Crippen molar-refractivity contribution in [3.63, 3.8) is 0 Å². The number of allylic oxidation sites excluding steroid dienone is 2. The quantitative estimate of drug-likeness (QED) is 0.304. The molecule has 6 nitrogen and oxygen atoms in total. The van der Waals surface area contributed by atoms with Gasteiger partial charge in [-0.2, -0.15) is 0 Å². The number of nitrogens with one attached hydrogen (secondary N) is 1. The van der Waals surface area contributed by atoms with Crippen LogP contribution in [0.2, 0.25) is 0 Å². The van der Waals surface area contributed by atoms with Gasteiger partial charge in [0, 0.05) is 25.6 Å². The molecule has 0 saturated carbocycles. The van der Waals surface area contributed by atoms with Crippen LogP contribution in [0.3, 0.4) is 0 Å². The number of hydrogen-bond donors (Lipinski definition) is 1. The summed E-state index contributed by atoms with van der Waals surface area (Å²) in [6.07, 6.45) is 10.5. The lowest BCUT2D eigenvalue weighted by atomic mass is 10.0. The van der Waals surface area contributed by atoms with Crippen molar-refractivity contribution in [1.82, 2.24) is 10.2 Å². The zero-order valence-corrected chi connectivity index (χ0v) is 21.1. The molecule has 1 aromatic carbocycles. The van der Waals surface area contributed by atoms with E-state index in [1.54, 1.807) is 13.2 Å². The van der Waals surface area contributed by atoms with E-state index < -0.39 is 0 Å². The van der Waals surface area contributed by atoms with Crippen molar-refractivity contribution in [1.29, 1.82) is 0 Å². The molecule has 1 saturated heterocycles. The molecule has 184 valence electrons. The Kier molecular flexibility index (Phi) is 11.3. The van der Waals surface area contributed by atoms with Crippen LogP contribution in [-0.4, -0.2) is 36.6 Å². The van der Waals surface area contributed by atoms with Crippen LogP contribution in [0.5, 0.6) is 11.5 Å². The summed E-state index contributed by atoms with van der Waals surface area (Å²) < 4.78 is 11.1. The number of carbonyl (C=O) groups excluding carboxylic acids is 2. The van der Waals surface area contributed by atoms with E-state index in [9.17, 15) is 9.59 Å². The maximum absolute atomic E-state index is 12.8. The van der Waals surface area contributed by atoms with Crippen LogP contribution in [0, 0.1) is 11.8 Å². The lowest BCUT2D eigenvalue weighted by molar-refractivity contribution is -0.121. The highest BCUT2D eigenvalue weighted by Crippen LogP contribution is 2.30. The summed E-state index contributed by atoms with van der Waals surface area (Å²) in [5.41, 5.74) is 0.902. The fourth-order valence-corrected chi connectivity index (χ4v) is 4.13. The molecular weight excluding hydrogens is 416 g/mol. The van der Waals surface area contributed by atoms with E-state index in [0.717, 1.165) is 50.6 Å². The standard InChI is InChI=1S/C27H42N2O4/c1-20(2)11-8-6-7-9-13-26(30)28-19-22-14-15-24(25(18-22)32-5)33-27(31)29-16-10-12-23(29)17-21(3)4/h8,11,14-15,18,20-21,23H,6-7,9-10,12-13,16-17,19H2,1-5H3,(H,28,30)/b11-8+. The maximum atomic E-state index is 12.8. The molecule has 2 rings (SSSR count). The Labute approximate surface area is 199 Å². The summed E-state index contributed by atoms with van der Waals surface area (Å²) in [5, 5.41) is 2.96. The van der Waals surface area contributed by atoms with Gasteiger partial charge in [-0.05, 0) is 68.1 Å². The van der Waals surface area contributed by atoms with E-state index in [1.165, 1.54) is 0 Å². The minimum Gasteiger partial charge on any atom is -0.493 e. The predicted octanol–water partition coefficient (Wildman–Crippen LogP) is 6.09. The third-order valence-corrected chi connectivity index (χ3v) is 5.82. The number of unbranched alkanes of at least 4 members (excludes halogenated alkanes) is 2. The molecule has 0 aromatic heterocycles. The largest absolute Gasteiger partial charge is 0.493 e. The van der Waals surface area contributed by atoms with Gasteiger partial charge in [0.25, 0.3) is 0 Å². The zero-order chi connectivity index (χ0) is 24.2. The second-order valence-electron chi connectivity index (χ2n) is 9.67. The first-order chi connectivity index (χ1) is 15.8. The van der Waals surface area contributed by atoms with Gasteiger partial charge in [0.1, 0.15) is 0 Å². The van der Waals surface area contributed by atoms with E-state index in [0.29, 0.717) is 36.3 Å². The van der Waals surface area contributed by atoms with Gasteiger partial charge in [0.05, 0.1) is 7.11 Å². The number of carbonyl (C=O) groups is 2. The molecule has 1 atom stereocenters. The Hall–Kier alpha value is -2.50. The Morgan fingerprint density at radius 2 is 1.97 bits per heavy atom. The molecule has 0 spiro atoms. The Morgan fingerprint density at radius 1 is 1.18 bits per heavy atom. The van der Waals surface area contributed by atoms with Crippen molar-refractivity contribution in [2.45, 2.75) is 85.2 Å². The van der Waals surface area contributed by atoms with Gasteiger partial charge in [-0.15, -0.1) is 0 Å². The van der Waals surface area contributed by atoms with E-state index >= 15 is 0 Å². The predicted molar refractivity (Wildman–Crippen MR) is 132 cm³/mol. The number of nitrogens with zero attached hydrogens (tertiary/aromatic N) is 1. The smallest absolute Gasteiger partial charge is 0.415 e. The molecule has 1 aliphatic rings. The molecule has 1 fully saturated rings. The van der Waals surface area contributed by atoms with Gasteiger partial charge in [-0.1, -0.05) is 45.9 Å². The number of hydrogen-bond acceptors (Lipinski definition) is 4. The van der Waals surface area contributed by atoms with Crippen LogP contribution in [0.15, 0.2) is 30.4 Å². The highest BCUT2D eigenvalue weighted by Gasteiger charge is 2.31. The van der Waals surface area contributed by atoms with Gasteiger partial charge >= 0.3 is 6.09 Å². The molecule has 2 amide bonds. The lowest BCUT2D eigenvalue weighted by Gasteiger charge is -2.25. The molecule has 1 unspecified atom stereocenters. The van der Waals surface area contributed by atoms with Crippen LogP contribution in [0.4, 0.5) is 4.79 Å². The van der Waals surface area contributed by atoms with E-state index in [4.69, 9.17) is 9.47 Å². The summed E-state index contributed by atoms with van der Waals surface area (Å²) in [6, 6.07) is 5.66. The average Bonchev–Trinajstić information content (AvgIpc) is 3.22. The molecule has 1 aliphatic heterocycles. The summed E-state index contributed by atoms with van der Waals surface area (Å²) in [5.74, 6) is 2.05. The molecule has 0 bridgehead atoms.